The first-order chi connectivity index (χ1) is 11.8. The highest BCUT2D eigenvalue weighted by Crippen LogP contribution is 2.27. The third-order valence-electron chi connectivity index (χ3n) is 3.53. The van der Waals surface area contributed by atoms with Gasteiger partial charge in [-0.15, -0.1) is 11.8 Å². The van der Waals surface area contributed by atoms with Crippen molar-refractivity contribution in [3.8, 4) is 0 Å². The molecule has 25 heavy (non-hydrogen) atoms. The number of rotatable bonds is 7. The van der Waals surface area contributed by atoms with Gasteiger partial charge in [0.1, 0.15) is 6.54 Å². The number of nitrogens with one attached hydrogen (secondary N) is 1. The second-order valence-corrected chi connectivity index (χ2v) is 8.75. The summed E-state index contributed by atoms with van der Waals surface area (Å²) < 4.78 is 25.5. The Labute approximate surface area is 153 Å². The first-order valence-electron chi connectivity index (χ1n) is 7.88. The van der Waals surface area contributed by atoms with Crippen LogP contribution in [0.25, 0.3) is 0 Å². The van der Waals surface area contributed by atoms with E-state index >= 15 is 0 Å². The molecule has 0 spiro atoms. The second kappa shape index (κ2) is 8.40. The van der Waals surface area contributed by atoms with Gasteiger partial charge in [0.05, 0.1) is 17.6 Å². The minimum absolute atomic E-state index is 0.269. The van der Waals surface area contributed by atoms with E-state index in [1.54, 1.807) is 23.9 Å². The van der Waals surface area contributed by atoms with Crippen LogP contribution in [0.4, 0.5) is 11.4 Å². The molecule has 0 heterocycles. The molecular formula is C18H22N2O3S2. The summed E-state index contributed by atoms with van der Waals surface area (Å²) in [4.78, 5) is 13.4. The topological polar surface area (TPSA) is 66.5 Å². The molecule has 0 bridgehead atoms. The summed E-state index contributed by atoms with van der Waals surface area (Å²) in [5.41, 5.74) is 2.00. The molecule has 2 rings (SSSR count). The maximum Gasteiger partial charge on any atom is 0.245 e. The average Bonchev–Trinajstić information content (AvgIpc) is 2.54. The number of thioether (sulfide) groups is 1. The Morgan fingerprint density at radius 2 is 1.76 bits per heavy atom. The van der Waals surface area contributed by atoms with Gasteiger partial charge in [-0.3, -0.25) is 9.10 Å². The van der Waals surface area contributed by atoms with Crippen LogP contribution in [0.2, 0.25) is 0 Å². The molecule has 0 saturated carbocycles. The molecule has 134 valence electrons. The van der Waals surface area contributed by atoms with E-state index in [9.17, 15) is 13.2 Å². The molecule has 0 saturated heterocycles. The van der Waals surface area contributed by atoms with Crippen molar-refractivity contribution in [2.45, 2.75) is 18.7 Å². The molecule has 7 heteroatoms. The third kappa shape index (κ3) is 5.24. The minimum atomic E-state index is -3.58. The highest BCUT2D eigenvalue weighted by molar-refractivity contribution is 7.99. The molecule has 0 aliphatic rings. The van der Waals surface area contributed by atoms with Crippen LogP contribution in [-0.4, -0.2) is 32.9 Å². The van der Waals surface area contributed by atoms with Crippen LogP contribution in [0, 0.1) is 6.92 Å². The van der Waals surface area contributed by atoms with Crippen LogP contribution >= 0.6 is 11.8 Å². The van der Waals surface area contributed by atoms with Gasteiger partial charge in [-0.05, 0) is 36.4 Å². The number of aryl methyl sites for hydroxylation is 1. The Hall–Kier alpha value is -1.99. The molecule has 0 aromatic heterocycles. The van der Waals surface area contributed by atoms with Gasteiger partial charge in [0.15, 0.2) is 0 Å². The largest absolute Gasteiger partial charge is 0.323 e. The van der Waals surface area contributed by atoms with Gasteiger partial charge in [-0.2, -0.15) is 0 Å². The number of carbonyl (C=O) groups excluding carboxylic acids is 1. The van der Waals surface area contributed by atoms with E-state index in [0.717, 1.165) is 26.8 Å². The smallest absolute Gasteiger partial charge is 0.245 e. The van der Waals surface area contributed by atoms with E-state index in [2.05, 4.69) is 5.32 Å². The summed E-state index contributed by atoms with van der Waals surface area (Å²) in [6, 6.07) is 14.6. The molecule has 1 N–H and O–H groups in total. The lowest BCUT2D eigenvalue weighted by Crippen LogP contribution is -2.37. The van der Waals surface area contributed by atoms with Crippen LogP contribution in [0.15, 0.2) is 53.4 Å². The van der Waals surface area contributed by atoms with Crippen molar-refractivity contribution < 1.29 is 13.2 Å². The SMILES string of the molecule is CCSc1ccccc1NC(=O)CN(c1ccccc1C)S(C)(=O)=O. The van der Waals surface area contributed by atoms with Gasteiger partial charge in [-0.25, -0.2) is 8.42 Å². The highest BCUT2D eigenvalue weighted by atomic mass is 32.2. The molecular weight excluding hydrogens is 356 g/mol. The summed E-state index contributed by atoms with van der Waals surface area (Å²) in [6.45, 7) is 3.58. The van der Waals surface area contributed by atoms with Gasteiger partial charge in [0, 0.05) is 4.90 Å². The van der Waals surface area contributed by atoms with Crippen molar-refractivity contribution >= 4 is 39.1 Å². The minimum Gasteiger partial charge on any atom is -0.323 e. The number of hydrogen-bond acceptors (Lipinski definition) is 4. The first kappa shape index (κ1) is 19.3. The third-order valence-corrected chi connectivity index (χ3v) is 5.61. The molecule has 0 atom stereocenters. The normalized spacial score (nSPS) is 11.2. The van der Waals surface area contributed by atoms with Crippen LogP contribution in [0.1, 0.15) is 12.5 Å². The fraction of sp³-hybridized carbons (Fsp3) is 0.278. The van der Waals surface area contributed by atoms with Gasteiger partial charge in [0.25, 0.3) is 0 Å². The van der Waals surface area contributed by atoms with Crippen LogP contribution < -0.4 is 9.62 Å². The van der Waals surface area contributed by atoms with Gasteiger partial charge in [0.2, 0.25) is 15.9 Å². The average molecular weight is 379 g/mol. The van der Waals surface area contributed by atoms with Crippen LogP contribution in [0.3, 0.4) is 0 Å². The first-order valence-corrected chi connectivity index (χ1v) is 10.7. The molecule has 0 unspecified atom stereocenters. The van der Waals surface area contributed by atoms with E-state index in [4.69, 9.17) is 0 Å². The molecule has 2 aromatic carbocycles. The Morgan fingerprint density at radius 1 is 1.12 bits per heavy atom. The van der Waals surface area contributed by atoms with Crippen molar-refractivity contribution in [2.75, 3.05) is 28.2 Å². The quantitative estimate of drug-likeness (QED) is 0.749. The van der Waals surface area contributed by atoms with Crippen molar-refractivity contribution in [3.63, 3.8) is 0 Å². The Bertz CT molecular complexity index is 851. The maximum absolute atomic E-state index is 12.5. The van der Waals surface area contributed by atoms with E-state index in [1.165, 1.54) is 0 Å². The fourth-order valence-electron chi connectivity index (χ4n) is 2.40. The monoisotopic (exact) mass is 378 g/mol. The van der Waals surface area contributed by atoms with Crippen LogP contribution in [-0.2, 0) is 14.8 Å². The van der Waals surface area contributed by atoms with Crippen molar-refractivity contribution in [1.82, 2.24) is 0 Å². The lowest BCUT2D eigenvalue weighted by atomic mass is 10.2. The van der Waals surface area contributed by atoms with Crippen molar-refractivity contribution in [2.24, 2.45) is 0 Å². The van der Waals surface area contributed by atoms with Crippen LogP contribution in [0.5, 0.6) is 0 Å². The molecule has 0 aliphatic heterocycles. The number of para-hydroxylation sites is 2. The summed E-state index contributed by atoms with van der Waals surface area (Å²) in [6.07, 6.45) is 1.10. The van der Waals surface area contributed by atoms with Gasteiger partial charge < -0.3 is 5.32 Å². The van der Waals surface area contributed by atoms with E-state index < -0.39 is 10.0 Å². The molecule has 2 aromatic rings. The molecule has 0 radical (unpaired) electrons. The lowest BCUT2D eigenvalue weighted by Gasteiger charge is -2.23. The number of carbonyl (C=O) groups is 1. The van der Waals surface area contributed by atoms with Gasteiger partial charge >= 0.3 is 0 Å². The highest BCUT2D eigenvalue weighted by Gasteiger charge is 2.22. The van der Waals surface area contributed by atoms with E-state index in [0.29, 0.717) is 11.4 Å². The van der Waals surface area contributed by atoms with E-state index in [-0.39, 0.29) is 12.5 Å². The second-order valence-electron chi connectivity index (χ2n) is 5.53. The van der Waals surface area contributed by atoms with Crippen molar-refractivity contribution in [1.29, 1.82) is 0 Å². The molecule has 0 fully saturated rings. The maximum atomic E-state index is 12.5. The number of nitrogens with zero attached hydrogens (tertiary/aromatic N) is 1. The summed E-state index contributed by atoms with van der Waals surface area (Å²) >= 11 is 1.62. The summed E-state index contributed by atoms with van der Waals surface area (Å²) in [5.74, 6) is 0.504. The molecule has 0 aliphatic carbocycles. The zero-order valence-electron chi connectivity index (χ0n) is 14.5. The standard InChI is InChI=1S/C18H22N2O3S2/c1-4-24-17-12-8-6-10-15(17)19-18(21)13-20(25(3,22)23)16-11-7-5-9-14(16)2/h5-12H,4,13H2,1-3H3,(H,19,21). The summed E-state index contributed by atoms with van der Waals surface area (Å²) in [5, 5.41) is 2.82. The number of sulfonamides is 1. The summed E-state index contributed by atoms with van der Waals surface area (Å²) in [7, 11) is -3.58. The fourth-order valence-corrected chi connectivity index (χ4v) is 4.07. The predicted octanol–water partition coefficient (Wildman–Crippen LogP) is 3.51. The Kier molecular flexibility index (Phi) is 6.50. The lowest BCUT2D eigenvalue weighted by molar-refractivity contribution is -0.114. The van der Waals surface area contributed by atoms with Crippen molar-refractivity contribution in [3.05, 3.63) is 54.1 Å². The number of benzene rings is 2. The predicted molar refractivity (Wildman–Crippen MR) is 105 cm³/mol. The van der Waals surface area contributed by atoms with E-state index in [1.807, 2.05) is 50.2 Å². The Balaban J connectivity index is 2.23. The molecule has 5 nitrogen and oxygen atoms in total. The zero-order chi connectivity index (χ0) is 18.4. The Morgan fingerprint density at radius 3 is 2.40 bits per heavy atom. The number of anilines is 2. The van der Waals surface area contributed by atoms with Gasteiger partial charge in [-0.1, -0.05) is 37.3 Å². The number of amides is 1. The zero-order valence-corrected chi connectivity index (χ0v) is 16.2. The molecule has 1 amide bonds. The number of hydrogen-bond donors (Lipinski definition) is 1.